The number of aromatic nitrogens is 2. The molecule has 1 atom stereocenters. The van der Waals surface area contributed by atoms with Crippen LogP contribution >= 0.6 is 11.3 Å². The molecule has 128 valence electrons. The summed E-state index contributed by atoms with van der Waals surface area (Å²) in [6.07, 6.45) is 2.31. The number of allylic oxidation sites excluding steroid dienone is 3. The monoisotopic (exact) mass is 348 g/mol. The highest BCUT2D eigenvalue weighted by Gasteiger charge is 2.25. The van der Waals surface area contributed by atoms with E-state index in [0.29, 0.717) is 22.2 Å². The molecule has 0 bridgehead atoms. The molecule has 5 nitrogen and oxygen atoms in total. The molecule has 2 aromatic heterocycles. The lowest BCUT2D eigenvalue weighted by atomic mass is 9.87. The molecule has 0 saturated heterocycles. The van der Waals surface area contributed by atoms with Crippen LogP contribution in [0.15, 0.2) is 22.3 Å². The molecule has 0 spiro atoms. The number of aromatic amines is 1. The van der Waals surface area contributed by atoms with Crippen LogP contribution < -0.4 is 11.3 Å². The summed E-state index contributed by atoms with van der Waals surface area (Å²) in [5.41, 5.74) is 7.86. The number of thiophene rings is 1. The Hall–Kier alpha value is -1.99. The molecular weight excluding hydrogens is 327 g/mol. The van der Waals surface area contributed by atoms with Crippen molar-refractivity contribution in [3.05, 3.63) is 38.3 Å². The summed E-state index contributed by atoms with van der Waals surface area (Å²) in [7, 11) is 4.00. The van der Waals surface area contributed by atoms with E-state index in [2.05, 4.69) is 14.9 Å². The van der Waals surface area contributed by atoms with Gasteiger partial charge in [0.2, 0.25) is 5.95 Å². The van der Waals surface area contributed by atoms with Crippen LogP contribution in [-0.4, -0.2) is 35.5 Å². The van der Waals surface area contributed by atoms with Gasteiger partial charge in [0, 0.05) is 23.4 Å². The topological polar surface area (TPSA) is 75.0 Å². The smallest absolute Gasteiger partial charge is 0.261 e. The molecule has 1 aliphatic rings. The fraction of sp³-hybridized carbons (Fsp3) is 0.412. The number of likely N-dealkylation sites (N-methyl/N-ethyl adjacent to an activating group) is 1. The van der Waals surface area contributed by atoms with Crippen LogP contribution in [0, 0.1) is 12.8 Å². The lowest BCUT2D eigenvalue weighted by Gasteiger charge is -2.24. The van der Waals surface area contributed by atoms with E-state index in [9.17, 15) is 9.18 Å². The molecule has 2 aromatic rings. The summed E-state index contributed by atoms with van der Waals surface area (Å²) in [6.45, 7) is 4.66. The third kappa shape index (κ3) is 2.89. The van der Waals surface area contributed by atoms with Gasteiger partial charge in [0.25, 0.3) is 5.56 Å². The number of fused-ring (bicyclic) bond motifs is 1. The zero-order valence-corrected chi connectivity index (χ0v) is 15.1. The molecule has 3 rings (SSSR count). The summed E-state index contributed by atoms with van der Waals surface area (Å²) in [5.74, 6) is 0.114. The fourth-order valence-corrected chi connectivity index (χ4v) is 4.31. The fourth-order valence-electron chi connectivity index (χ4n) is 3.09. The maximum absolute atomic E-state index is 14.7. The normalized spacial score (nSPS) is 18.6. The third-order valence-corrected chi connectivity index (χ3v) is 5.52. The molecule has 3 N–H and O–H groups in total. The number of halogens is 1. The van der Waals surface area contributed by atoms with E-state index in [0.717, 1.165) is 17.0 Å². The molecule has 0 radical (unpaired) electrons. The highest BCUT2D eigenvalue weighted by atomic mass is 32.1. The maximum Gasteiger partial charge on any atom is 0.261 e. The Labute approximate surface area is 143 Å². The first-order valence-electron chi connectivity index (χ1n) is 7.81. The summed E-state index contributed by atoms with van der Waals surface area (Å²) in [6, 6.07) is 0. The lowest BCUT2D eigenvalue weighted by Crippen LogP contribution is -2.20. The number of anilines is 1. The Balaban J connectivity index is 2.17. The minimum atomic E-state index is -0.278. The minimum Gasteiger partial charge on any atom is -0.369 e. The van der Waals surface area contributed by atoms with E-state index >= 15 is 0 Å². The van der Waals surface area contributed by atoms with Gasteiger partial charge in [-0.3, -0.25) is 9.78 Å². The molecule has 1 aliphatic carbocycles. The summed E-state index contributed by atoms with van der Waals surface area (Å²) in [4.78, 5) is 22.2. The van der Waals surface area contributed by atoms with Crippen molar-refractivity contribution < 1.29 is 4.39 Å². The van der Waals surface area contributed by atoms with Crippen molar-refractivity contribution in [1.82, 2.24) is 14.9 Å². The number of aryl methyl sites for hydroxylation is 1. The predicted octanol–water partition coefficient (Wildman–Crippen LogP) is 3.08. The van der Waals surface area contributed by atoms with Crippen LogP contribution in [0.5, 0.6) is 0 Å². The number of H-pyrrole nitrogens is 1. The van der Waals surface area contributed by atoms with Crippen molar-refractivity contribution in [2.24, 2.45) is 5.92 Å². The summed E-state index contributed by atoms with van der Waals surface area (Å²) < 4.78 is 14.7. The molecule has 0 aliphatic heterocycles. The molecule has 0 aromatic carbocycles. The van der Waals surface area contributed by atoms with Gasteiger partial charge in [0.05, 0.1) is 5.39 Å². The van der Waals surface area contributed by atoms with Gasteiger partial charge in [0.15, 0.2) is 0 Å². The first-order valence-corrected chi connectivity index (χ1v) is 8.62. The Morgan fingerprint density at radius 2 is 2.21 bits per heavy atom. The van der Waals surface area contributed by atoms with Crippen LogP contribution in [-0.2, 0) is 0 Å². The van der Waals surface area contributed by atoms with E-state index in [1.807, 2.05) is 34.0 Å². The van der Waals surface area contributed by atoms with Crippen molar-refractivity contribution in [1.29, 1.82) is 0 Å². The standard InChI is InChI=1S/C17H21FN4OS/c1-8-5-12(18)11(6-10(8)7-22(3)4)14-9(2)13-15(23)20-17(19)21-16(13)24-14/h6,8H,5,7H2,1-4H3,(H3,19,20,21,23). The third-order valence-electron chi connectivity index (χ3n) is 4.30. The Kier molecular flexibility index (Phi) is 4.31. The van der Waals surface area contributed by atoms with Gasteiger partial charge in [-0.2, -0.15) is 0 Å². The molecule has 0 saturated carbocycles. The number of nitrogens with two attached hydrogens (primary N) is 1. The van der Waals surface area contributed by atoms with Gasteiger partial charge in [-0.05, 0) is 32.5 Å². The van der Waals surface area contributed by atoms with E-state index < -0.39 is 0 Å². The Morgan fingerprint density at radius 1 is 1.50 bits per heavy atom. The van der Waals surface area contributed by atoms with E-state index in [-0.39, 0.29) is 23.3 Å². The van der Waals surface area contributed by atoms with Crippen LogP contribution in [0.4, 0.5) is 10.3 Å². The van der Waals surface area contributed by atoms with Gasteiger partial charge in [-0.25, -0.2) is 9.37 Å². The second-order valence-electron chi connectivity index (χ2n) is 6.57. The first-order chi connectivity index (χ1) is 11.3. The van der Waals surface area contributed by atoms with Crippen LogP contribution in [0.3, 0.4) is 0 Å². The Bertz CT molecular complexity index is 923. The van der Waals surface area contributed by atoms with Gasteiger partial charge in [-0.15, -0.1) is 11.3 Å². The number of nitrogens with zero attached hydrogens (tertiary/aromatic N) is 2. The van der Waals surface area contributed by atoms with Crippen molar-refractivity contribution >= 4 is 33.1 Å². The zero-order valence-electron chi connectivity index (χ0n) is 14.2. The van der Waals surface area contributed by atoms with Gasteiger partial charge >= 0.3 is 0 Å². The van der Waals surface area contributed by atoms with Crippen molar-refractivity contribution in [3.63, 3.8) is 0 Å². The number of rotatable bonds is 3. The summed E-state index contributed by atoms with van der Waals surface area (Å²) >= 11 is 1.32. The molecule has 24 heavy (non-hydrogen) atoms. The average Bonchev–Trinajstić information content (AvgIpc) is 2.78. The van der Waals surface area contributed by atoms with Crippen molar-refractivity contribution in [2.45, 2.75) is 20.3 Å². The zero-order chi connectivity index (χ0) is 17.6. The minimum absolute atomic E-state index is 0.0795. The molecule has 7 heteroatoms. The predicted molar refractivity (Wildman–Crippen MR) is 97.8 cm³/mol. The lowest BCUT2D eigenvalue weighted by molar-refractivity contribution is 0.413. The second kappa shape index (κ2) is 6.14. The number of hydrogen-bond acceptors (Lipinski definition) is 5. The molecule has 1 unspecified atom stereocenters. The Morgan fingerprint density at radius 3 is 2.88 bits per heavy atom. The maximum atomic E-state index is 14.7. The molecular formula is C17H21FN4OS. The molecule has 2 heterocycles. The SMILES string of the molecule is Cc1c(C2=C(F)CC(C)C(CN(C)C)=C2)sc2nc(N)[nH]c(=O)c12. The van der Waals surface area contributed by atoms with Gasteiger partial charge in [0.1, 0.15) is 10.7 Å². The van der Waals surface area contributed by atoms with Gasteiger partial charge in [-0.1, -0.05) is 18.6 Å². The van der Waals surface area contributed by atoms with Crippen molar-refractivity contribution in [2.75, 3.05) is 26.4 Å². The highest BCUT2D eigenvalue weighted by molar-refractivity contribution is 7.19. The van der Waals surface area contributed by atoms with Crippen LogP contribution in [0.1, 0.15) is 23.8 Å². The van der Waals surface area contributed by atoms with Crippen LogP contribution in [0.2, 0.25) is 0 Å². The number of hydrogen-bond donors (Lipinski definition) is 2. The van der Waals surface area contributed by atoms with E-state index in [1.165, 1.54) is 16.9 Å². The van der Waals surface area contributed by atoms with Crippen LogP contribution in [0.25, 0.3) is 15.8 Å². The second-order valence-corrected chi connectivity index (χ2v) is 7.57. The molecule has 0 fully saturated rings. The largest absolute Gasteiger partial charge is 0.369 e. The first kappa shape index (κ1) is 16.9. The molecule has 0 amide bonds. The highest BCUT2D eigenvalue weighted by Crippen LogP contribution is 2.41. The number of nitrogen functional groups attached to an aromatic ring is 1. The quantitative estimate of drug-likeness (QED) is 0.894. The van der Waals surface area contributed by atoms with E-state index in [1.54, 1.807) is 0 Å². The number of nitrogens with one attached hydrogen (secondary N) is 1. The van der Waals surface area contributed by atoms with Gasteiger partial charge < -0.3 is 10.6 Å². The van der Waals surface area contributed by atoms with E-state index in [4.69, 9.17) is 5.73 Å². The summed E-state index contributed by atoms with van der Waals surface area (Å²) in [5, 5.41) is 0.491. The average molecular weight is 348 g/mol. The van der Waals surface area contributed by atoms with Crippen molar-refractivity contribution in [3.8, 4) is 0 Å².